The Morgan fingerprint density at radius 1 is 0.914 bits per heavy atom. The van der Waals surface area contributed by atoms with Crippen molar-refractivity contribution in [1.29, 1.82) is 0 Å². The van der Waals surface area contributed by atoms with Gasteiger partial charge in [-0.2, -0.15) is 0 Å². The lowest BCUT2D eigenvalue weighted by Gasteiger charge is -2.31. The zero-order chi connectivity index (χ0) is 25.8. The number of hydrogen-bond donors (Lipinski definition) is 1. The van der Waals surface area contributed by atoms with Crippen LogP contribution >= 0.6 is 0 Å². The van der Waals surface area contributed by atoms with Crippen molar-refractivity contribution in [2.45, 2.75) is 59.3 Å². The molecule has 1 unspecified atom stereocenters. The molecule has 7 heteroatoms. The number of amides is 1. The average Bonchev–Trinajstić information content (AvgIpc) is 2.81. The molecule has 2 rings (SSSR count). The molecule has 2 aromatic carbocycles. The first-order valence-electron chi connectivity index (χ1n) is 11.9. The van der Waals surface area contributed by atoms with E-state index in [1.165, 1.54) is 11.8 Å². The van der Waals surface area contributed by atoms with Crippen LogP contribution in [0.5, 0.6) is 0 Å². The first-order chi connectivity index (χ1) is 16.6. The van der Waals surface area contributed by atoms with E-state index < -0.39 is 29.5 Å². The highest BCUT2D eigenvalue weighted by molar-refractivity contribution is 5.86. The summed E-state index contributed by atoms with van der Waals surface area (Å²) in [5, 5.41) is 9.37. The molecule has 0 saturated heterocycles. The lowest BCUT2D eigenvalue weighted by atomic mass is 9.85. The summed E-state index contributed by atoms with van der Waals surface area (Å²) in [7, 11) is 0. The van der Waals surface area contributed by atoms with E-state index in [0.29, 0.717) is 6.42 Å². The van der Waals surface area contributed by atoms with Crippen LogP contribution in [0.4, 0.5) is 4.79 Å². The van der Waals surface area contributed by atoms with Gasteiger partial charge in [-0.15, -0.1) is 0 Å². The van der Waals surface area contributed by atoms with Gasteiger partial charge in [0.2, 0.25) is 0 Å². The Balaban J connectivity index is 2.28. The second-order valence-corrected chi connectivity index (χ2v) is 9.63. The maximum absolute atomic E-state index is 13.2. The highest BCUT2D eigenvalue weighted by atomic mass is 16.6. The van der Waals surface area contributed by atoms with Gasteiger partial charge in [0.1, 0.15) is 18.0 Å². The fourth-order valence-corrected chi connectivity index (χ4v) is 3.77. The Labute approximate surface area is 208 Å². The zero-order valence-corrected chi connectivity index (χ0v) is 21.1. The van der Waals surface area contributed by atoms with Crippen molar-refractivity contribution in [2.24, 2.45) is 11.8 Å². The van der Waals surface area contributed by atoms with Gasteiger partial charge in [-0.25, -0.2) is 4.79 Å². The molecule has 2 aromatic rings. The van der Waals surface area contributed by atoms with Gasteiger partial charge in [-0.1, -0.05) is 60.7 Å². The van der Waals surface area contributed by atoms with Crippen LogP contribution in [0.15, 0.2) is 60.7 Å². The topological polar surface area (TPSA) is 93.1 Å². The number of rotatable bonds is 12. The third-order valence-corrected chi connectivity index (χ3v) is 5.49. The first kappa shape index (κ1) is 28.1. The van der Waals surface area contributed by atoms with Crippen LogP contribution in [0.2, 0.25) is 0 Å². The SMILES string of the molecule is CC(=O)C(CN(Cc1ccccc1)C(=O)OCc1ccccc1)[C@H](CCCO)C(=O)OC(C)(C)C. The number of esters is 1. The van der Waals surface area contributed by atoms with Gasteiger partial charge < -0.3 is 19.5 Å². The molecule has 1 N–H and O–H groups in total. The smallest absolute Gasteiger partial charge is 0.410 e. The molecule has 0 aromatic heterocycles. The Kier molecular flexibility index (Phi) is 10.9. The molecule has 190 valence electrons. The van der Waals surface area contributed by atoms with Crippen LogP contribution in [-0.4, -0.2) is 46.6 Å². The number of carbonyl (C=O) groups excluding carboxylic acids is 3. The van der Waals surface area contributed by atoms with Crippen molar-refractivity contribution >= 4 is 17.8 Å². The van der Waals surface area contributed by atoms with E-state index in [4.69, 9.17) is 9.47 Å². The molecule has 0 heterocycles. The maximum Gasteiger partial charge on any atom is 0.410 e. The highest BCUT2D eigenvalue weighted by Gasteiger charge is 2.37. The van der Waals surface area contributed by atoms with Crippen LogP contribution in [0.25, 0.3) is 0 Å². The van der Waals surface area contributed by atoms with Crippen LogP contribution in [0.3, 0.4) is 0 Å². The van der Waals surface area contributed by atoms with Crippen molar-refractivity contribution in [2.75, 3.05) is 13.2 Å². The van der Waals surface area contributed by atoms with Gasteiger partial charge >= 0.3 is 12.1 Å². The van der Waals surface area contributed by atoms with E-state index >= 15 is 0 Å². The van der Waals surface area contributed by atoms with E-state index in [-0.39, 0.29) is 38.5 Å². The summed E-state index contributed by atoms with van der Waals surface area (Å²) < 4.78 is 11.2. The summed E-state index contributed by atoms with van der Waals surface area (Å²) in [6.45, 7) is 6.90. The predicted octanol–water partition coefficient (Wildman–Crippen LogP) is 4.76. The number of carbonyl (C=O) groups is 3. The van der Waals surface area contributed by atoms with Crippen molar-refractivity contribution in [1.82, 2.24) is 4.90 Å². The van der Waals surface area contributed by atoms with E-state index in [1.807, 2.05) is 60.7 Å². The first-order valence-corrected chi connectivity index (χ1v) is 11.9. The van der Waals surface area contributed by atoms with E-state index in [9.17, 15) is 19.5 Å². The molecule has 35 heavy (non-hydrogen) atoms. The number of Topliss-reactive ketones (excluding diaryl/α,β-unsaturated/α-hetero) is 1. The average molecular weight is 484 g/mol. The summed E-state index contributed by atoms with van der Waals surface area (Å²) >= 11 is 0. The summed E-state index contributed by atoms with van der Waals surface area (Å²) in [6, 6.07) is 18.7. The molecule has 0 aliphatic carbocycles. The number of aliphatic hydroxyl groups is 1. The van der Waals surface area contributed by atoms with E-state index in [2.05, 4.69) is 0 Å². The molecule has 0 fully saturated rings. The molecule has 1 amide bonds. The lowest BCUT2D eigenvalue weighted by molar-refractivity contribution is -0.164. The summed E-state index contributed by atoms with van der Waals surface area (Å²) in [5.74, 6) is -2.33. The Hall–Kier alpha value is -3.19. The van der Waals surface area contributed by atoms with Crippen molar-refractivity contribution in [3.8, 4) is 0 Å². The molecular weight excluding hydrogens is 446 g/mol. The number of ether oxygens (including phenoxy) is 2. The Bertz CT molecular complexity index is 939. The number of benzene rings is 2. The largest absolute Gasteiger partial charge is 0.460 e. The fraction of sp³-hybridized carbons (Fsp3) is 0.464. The summed E-state index contributed by atoms with van der Waals surface area (Å²) in [5.41, 5.74) is 0.989. The van der Waals surface area contributed by atoms with Crippen LogP contribution in [0.1, 0.15) is 51.7 Å². The number of nitrogens with zero attached hydrogens (tertiary/aromatic N) is 1. The normalized spacial score (nSPS) is 12.9. The molecule has 0 bridgehead atoms. The van der Waals surface area contributed by atoms with Crippen molar-refractivity contribution in [3.63, 3.8) is 0 Å². The van der Waals surface area contributed by atoms with E-state index in [1.54, 1.807) is 20.8 Å². The second-order valence-electron chi connectivity index (χ2n) is 9.63. The van der Waals surface area contributed by atoms with E-state index in [0.717, 1.165) is 11.1 Å². The molecule has 0 saturated carbocycles. The van der Waals surface area contributed by atoms with Crippen LogP contribution in [-0.2, 0) is 32.2 Å². The third-order valence-electron chi connectivity index (χ3n) is 5.49. The number of aliphatic hydroxyl groups excluding tert-OH is 1. The summed E-state index contributed by atoms with van der Waals surface area (Å²) in [4.78, 5) is 40.4. The van der Waals surface area contributed by atoms with Crippen LogP contribution in [0, 0.1) is 11.8 Å². The fourth-order valence-electron chi connectivity index (χ4n) is 3.77. The Morgan fingerprint density at radius 2 is 1.49 bits per heavy atom. The van der Waals surface area contributed by atoms with Gasteiger partial charge in [0, 0.05) is 25.6 Å². The minimum absolute atomic E-state index is 0.00676. The quantitative estimate of drug-likeness (QED) is 0.438. The molecule has 0 radical (unpaired) electrons. The maximum atomic E-state index is 13.2. The molecular formula is C28H37NO6. The molecule has 0 spiro atoms. The van der Waals surface area contributed by atoms with Gasteiger partial charge in [0.15, 0.2) is 0 Å². The standard InChI is InChI=1S/C28H37NO6/c1-21(31)25(24(16-11-17-30)26(32)35-28(2,3)4)19-29(18-22-12-7-5-8-13-22)27(33)34-20-23-14-9-6-10-15-23/h5-10,12-15,24-25,30H,11,16-20H2,1-4H3/t24-,25?/m0/s1. The molecule has 0 aliphatic heterocycles. The van der Waals surface area contributed by atoms with Gasteiger partial charge in [0.25, 0.3) is 0 Å². The third kappa shape index (κ3) is 9.91. The Morgan fingerprint density at radius 3 is 2.00 bits per heavy atom. The van der Waals surface area contributed by atoms with Gasteiger partial charge in [-0.3, -0.25) is 9.59 Å². The minimum Gasteiger partial charge on any atom is -0.460 e. The number of ketones is 1. The lowest BCUT2D eigenvalue weighted by Crippen LogP contribution is -2.43. The van der Waals surface area contributed by atoms with Crippen molar-refractivity contribution < 1.29 is 29.0 Å². The monoisotopic (exact) mass is 483 g/mol. The summed E-state index contributed by atoms with van der Waals surface area (Å²) in [6.07, 6.45) is 0.0349. The van der Waals surface area contributed by atoms with Gasteiger partial charge in [-0.05, 0) is 51.7 Å². The van der Waals surface area contributed by atoms with Gasteiger partial charge in [0.05, 0.1) is 5.92 Å². The second kappa shape index (κ2) is 13.6. The molecule has 7 nitrogen and oxygen atoms in total. The highest BCUT2D eigenvalue weighted by Crippen LogP contribution is 2.26. The zero-order valence-electron chi connectivity index (χ0n) is 21.1. The molecule has 0 aliphatic rings. The minimum atomic E-state index is -0.801. The van der Waals surface area contributed by atoms with Crippen LogP contribution < -0.4 is 0 Å². The molecule has 2 atom stereocenters. The number of hydrogen-bond acceptors (Lipinski definition) is 6. The predicted molar refractivity (Wildman–Crippen MR) is 133 cm³/mol. The van der Waals surface area contributed by atoms with Crippen molar-refractivity contribution in [3.05, 3.63) is 71.8 Å².